The van der Waals surface area contributed by atoms with Gasteiger partial charge in [-0.2, -0.15) is 0 Å². The highest BCUT2D eigenvalue weighted by Crippen LogP contribution is 2.29. The minimum Gasteiger partial charge on any atom is -0.367 e. The van der Waals surface area contributed by atoms with Gasteiger partial charge in [-0.25, -0.2) is 4.98 Å². The van der Waals surface area contributed by atoms with Crippen molar-refractivity contribution in [3.05, 3.63) is 43.9 Å². The molecule has 1 saturated heterocycles. The molecule has 2 heterocycles. The normalized spacial score (nSPS) is 20.8. The number of anilines is 1. The molecule has 0 spiro atoms. The van der Waals surface area contributed by atoms with Crippen LogP contribution >= 0.6 is 0 Å². The minimum atomic E-state index is -0.415. The molecule has 0 atom stereocenters. The number of rotatable bonds is 9. The first-order valence-electron chi connectivity index (χ1n) is 12.3. The highest BCUT2D eigenvalue weighted by molar-refractivity contribution is 5.83. The molecule has 0 aromatic carbocycles. The molecule has 0 amide bonds. The van der Waals surface area contributed by atoms with Crippen LogP contribution in [0.25, 0.3) is 0 Å². The first-order valence-corrected chi connectivity index (χ1v) is 12.3. The molecular weight excluding hydrogens is 422 g/mol. The van der Waals surface area contributed by atoms with Gasteiger partial charge >= 0.3 is 0 Å². The molecule has 10 nitrogen and oxygen atoms in total. The maximum absolute atomic E-state index is 12.6. The Kier molecular flexibility index (Phi) is 7.61. The summed E-state index contributed by atoms with van der Waals surface area (Å²) < 4.78 is 0. The van der Waals surface area contributed by atoms with Crippen LogP contribution in [0.1, 0.15) is 81.5 Å². The fraction of sp³-hybridized carbons (Fsp3) is 0.696. The third kappa shape index (κ3) is 5.91. The molecule has 4 N–H and O–H groups in total. The second kappa shape index (κ2) is 10.8. The summed E-state index contributed by atoms with van der Waals surface area (Å²) >= 11 is 0. The van der Waals surface area contributed by atoms with Crippen molar-refractivity contribution in [2.75, 3.05) is 25.0 Å². The number of nitrogens with zero attached hydrogens (tertiary/aromatic N) is 3. The Balaban J connectivity index is 1.42. The van der Waals surface area contributed by atoms with Crippen molar-refractivity contribution < 1.29 is 4.92 Å². The summed E-state index contributed by atoms with van der Waals surface area (Å²) in [6, 6.07) is 0.274. The maximum atomic E-state index is 12.6. The van der Waals surface area contributed by atoms with Crippen LogP contribution in [-0.4, -0.2) is 51.7 Å². The number of nitrogens with one attached hydrogen (secondary N) is 4. The molecule has 1 aliphatic heterocycles. The molecule has 0 bridgehead atoms. The second-order valence-corrected chi connectivity index (χ2v) is 9.62. The number of hydrogen-bond donors (Lipinski definition) is 4. The van der Waals surface area contributed by atoms with E-state index in [0.29, 0.717) is 36.5 Å². The molecule has 1 aromatic rings. The minimum absolute atomic E-state index is 0.0176. The van der Waals surface area contributed by atoms with Gasteiger partial charge in [0, 0.05) is 31.9 Å². The molecule has 2 aliphatic carbocycles. The molecule has 1 aromatic heterocycles. The second-order valence-electron chi connectivity index (χ2n) is 9.62. The SMILES string of the molecule is N=Cc1c(NC2CCCCC2)nc(C2CN(/C(=C\[N+](=O)[O-])NCC3CCCCC3)C2)[nH]c1=O. The van der Waals surface area contributed by atoms with Gasteiger partial charge in [-0.05, 0) is 31.6 Å². The van der Waals surface area contributed by atoms with Crippen LogP contribution in [0.4, 0.5) is 5.82 Å². The number of aromatic amines is 1. The average Bonchev–Trinajstić information content (AvgIpc) is 2.77. The first kappa shape index (κ1) is 23.3. The van der Waals surface area contributed by atoms with E-state index in [9.17, 15) is 14.9 Å². The molecule has 33 heavy (non-hydrogen) atoms. The summed E-state index contributed by atoms with van der Waals surface area (Å²) in [5.74, 6) is 2.13. The topological polar surface area (TPSA) is 140 Å². The van der Waals surface area contributed by atoms with Gasteiger partial charge < -0.3 is 25.9 Å². The van der Waals surface area contributed by atoms with E-state index >= 15 is 0 Å². The van der Waals surface area contributed by atoms with Crippen molar-refractivity contribution in [2.45, 2.75) is 76.2 Å². The van der Waals surface area contributed by atoms with Crippen LogP contribution in [0.2, 0.25) is 0 Å². The average molecular weight is 458 g/mol. The Morgan fingerprint density at radius 1 is 1.15 bits per heavy atom. The van der Waals surface area contributed by atoms with Crippen LogP contribution in [0, 0.1) is 21.4 Å². The van der Waals surface area contributed by atoms with Crippen LogP contribution in [0.5, 0.6) is 0 Å². The lowest BCUT2D eigenvalue weighted by atomic mass is 9.89. The molecule has 0 unspecified atom stereocenters. The first-order chi connectivity index (χ1) is 16.0. The van der Waals surface area contributed by atoms with Gasteiger partial charge in [0.15, 0.2) is 5.82 Å². The number of hydrogen-bond acceptors (Lipinski definition) is 8. The Bertz CT molecular complexity index is 926. The summed E-state index contributed by atoms with van der Waals surface area (Å²) in [6.45, 7) is 1.85. The zero-order valence-corrected chi connectivity index (χ0v) is 19.1. The lowest BCUT2D eigenvalue weighted by Gasteiger charge is -2.41. The number of likely N-dealkylation sites (tertiary alicyclic amines) is 1. The van der Waals surface area contributed by atoms with Crippen molar-refractivity contribution in [3.63, 3.8) is 0 Å². The molecule has 180 valence electrons. The molecule has 0 radical (unpaired) electrons. The highest BCUT2D eigenvalue weighted by Gasteiger charge is 2.34. The third-order valence-corrected chi connectivity index (χ3v) is 7.20. The lowest BCUT2D eigenvalue weighted by Crippen LogP contribution is -2.49. The lowest BCUT2D eigenvalue weighted by molar-refractivity contribution is -0.405. The van der Waals surface area contributed by atoms with E-state index in [4.69, 9.17) is 5.41 Å². The van der Waals surface area contributed by atoms with E-state index in [0.717, 1.165) is 44.6 Å². The van der Waals surface area contributed by atoms with E-state index in [-0.39, 0.29) is 23.1 Å². The van der Waals surface area contributed by atoms with Gasteiger partial charge in [0.1, 0.15) is 11.6 Å². The van der Waals surface area contributed by atoms with Crippen molar-refractivity contribution in [3.8, 4) is 0 Å². The smallest absolute Gasteiger partial charge is 0.274 e. The van der Waals surface area contributed by atoms with Gasteiger partial charge in [-0.15, -0.1) is 0 Å². The standard InChI is InChI=1S/C23H35N7O3/c24-11-19-22(26-18-9-5-2-6-10-18)27-21(28-23(19)31)17-13-29(14-17)20(15-30(32)33)25-12-16-7-3-1-4-8-16/h11,15-18,24-25H,1-10,12-14H2,(H2,26,27,28,31)/b20-15-,24-11?. The van der Waals surface area contributed by atoms with Gasteiger partial charge in [0.2, 0.25) is 0 Å². The van der Waals surface area contributed by atoms with E-state index in [1.165, 1.54) is 38.5 Å². The molecule has 10 heteroatoms. The zero-order chi connectivity index (χ0) is 23.2. The summed E-state index contributed by atoms with van der Waals surface area (Å²) in [5, 5.41) is 25.5. The molecular formula is C23H35N7O3. The van der Waals surface area contributed by atoms with Crippen molar-refractivity contribution in [1.82, 2.24) is 20.2 Å². The Labute approximate surface area is 193 Å². The number of nitro groups is 1. The van der Waals surface area contributed by atoms with Gasteiger partial charge in [-0.3, -0.25) is 14.9 Å². The Morgan fingerprint density at radius 3 is 2.45 bits per heavy atom. The number of aromatic nitrogens is 2. The molecule has 2 saturated carbocycles. The maximum Gasteiger partial charge on any atom is 0.274 e. The van der Waals surface area contributed by atoms with E-state index in [2.05, 4.69) is 20.6 Å². The Hall–Kier alpha value is -2.91. The summed E-state index contributed by atoms with van der Waals surface area (Å²) in [7, 11) is 0. The van der Waals surface area contributed by atoms with Crippen LogP contribution in [0.3, 0.4) is 0 Å². The van der Waals surface area contributed by atoms with Crippen LogP contribution < -0.4 is 16.2 Å². The quantitative estimate of drug-likeness (QED) is 0.254. The van der Waals surface area contributed by atoms with Gasteiger partial charge in [0.25, 0.3) is 11.8 Å². The fourth-order valence-corrected chi connectivity index (χ4v) is 5.20. The van der Waals surface area contributed by atoms with Crippen molar-refractivity contribution >= 4 is 12.0 Å². The fourth-order valence-electron chi connectivity index (χ4n) is 5.20. The van der Waals surface area contributed by atoms with Crippen LogP contribution in [-0.2, 0) is 0 Å². The van der Waals surface area contributed by atoms with E-state index in [1.54, 1.807) is 0 Å². The summed E-state index contributed by atoms with van der Waals surface area (Å²) in [4.78, 5) is 32.8. The van der Waals surface area contributed by atoms with Crippen LogP contribution in [0.15, 0.2) is 16.8 Å². The predicted octanol–water partition coefficient (Wildman–Crippen LogP) is 3.16. The predicted molar refractivity (Wildman–Crippen MR) is 127 cm³/mol. The molecule has 3 fully saturated rings. The summed E-state index contributed by atoms with van der Waals surface area (Å²) in [5.41, 5.74) is -0.0631. The van der Waals surface area contributed by atoms with Gasteiger partial charge in [-0.1, -0.05) is 38.5 Å². The third-order valence-electron chi connectivity index (χ3n) is 7.20. The zero-order valence-electron chi connectivity index (χ0n) is 19.1. The van der Waals surface area contributed by atoms with Crippen molar-refractivity contribution in [2.24, 2.45) is 5.92 Å². The van der Waals surface area contributed by atoms with E-state index < -0.39 is 4.92 Å². The Morgan fingerprint density at radius 2 is 1.82 bits per heavy atom. The van der Waals surface area contributed by atoms with Crippen molar-refractivity contribution in [1.29, 1.82) is 5.41 Å². The monoisotopic (exact) mass is 457 g/mol. The number of H-pyrrole nitrogens is 1. The molecule has 3 aliphatic rings. The van der Waals surface area contributed by atoms with E-state index in [1.807, 2.05) is 4.90 Å². The van der Waals surface area contributed by atoms with Gasteiger partial charge in [0.05, 0.1) is 16.4 Å². The molecule has 4 rings (SSSR count). The largest absolute Gasteiger partial charge is 0.367 e. The summed E-state index contributed by atoms with van der Waals surface area (Å²) in [6.07, 6.45) is 13.8. The highest BCUT2D eigenvalue weighted by atomic mass is 16.6.